The Morgan fingerprint density at radius 2 is 1.76 bits per heavy atom. The number of hydrogen-bond donors (Lipinski definition) is 2. The van der Waals surface area contributed by atoms with Gasteiger partial charge in [0.15, 0.2) is 6.04 Å². The van der Waals surface area contributed by atoms with Crippen LogP contribution in [0.25, 0.3) is 0 Å². The highest BCUT2D eigenvalue weighted by Gasteiger charge is 2.23. The lowest BCUT2D eigenvalue weighted by molar-refractivity contribution is -0.908. The third-order valence-electron chi connectivity index (χ3n) is 4.92. The van der Waals surface area contributed by atoms with Crippen LogP contribution in [0.1, 0.15) is 44.2 Å². The molecule has 0 radical (unpaired) electrons. The summed E-state index contributed by atoms with van der Waals surface area (Å²) in [5.74, 6) is 0.222. The van der Waals surface area contributed by atoms with Crippen LogP contribution in [0, 0.1) is 5.82 Å². The van der Waals surface area contributed by atoms with E-state index >= 15 is 0 Å². The Hall–Kier alpha value is -2.20. The predicted molar refractivity (Wildman–Crippen MR) is 100 cm³/mol. The first-order chi connectivity index (χ1) is 11.9. The molecule has 2 aromatic rings. The van der Waals surface area contributed by atoms with Crippen LogP contribution >= 0.6 is 0 Å². The van der Waals surface area contributed by atoms with Crippen molar-refractivity contribution in [2.24, 2.45) is 0 Å². The van der Waals surface area contributed by atoms with Gasteiger partial charge in [-0.1, -0.05) is 44.2 Å². The van der Waals surface area contributed by atoms with E-state index in [0.717, 1.165) is 17.0 Å². The van der Waals surface area contributed by atoms with Crippen molar-refractivity contribution in [3.05, 3.63) is 65.5 Å². The summed E-state index contributed by atoms with van der Waals surface area (Å²) in [4.78, 5) is 13.4. The number of benzene rings is 2. The van der Waals surface area contributed by atoms with Gasteiger partial charge in [-0.15, -0.1) is 0 Å². The Morgan fingerprint density at radius 1 is 1.12 bits per heavy atom. The van der Waals surface area contributed by atoms with Crippen LogP contribution in [-0.4, -0.2) is 19.0 Å². The Kier molecular flexibility index (Phi) is 6.71. The van der Waals surface area contributed by atoms with Crippen molar-refractivity contribution < 1.29 is 14.1 Å². The zero-order valence-electron chi connectivity index (χ0n) is 15.5. The molecule has 0 saturated carbocycles. The molecule has 0 heterocycles. The maximum atomic E-state index is 13.8. The average molecular weight is 343 g/mol. The van der Waals surface area contributed by atoms with Crippen LogP contribution in [0.5, 0.6) is 0 Å². The van der Waals surface area contributed by atoms with E-state index in [2.05, 4.69) is 31.3 Å². The Balaban J connectivity index is 1.96. The third-order valence-corrected chi connectivity index (χ3v) is 4.92. The van der Waals surface area contributed by atoms with E-state index < -0.39 is 0 Å². The summed E-state index contributed by atoms with van der Waals surface area (Å²) in [6.07, 6.45) is 1.09. The second-order valence-corrected chi connectivity index (χ2v) is 6.76. The summed E-state index contributed by atoms with van der Waals surface area (Å²) in [7, 11) is 1.91. The number of amides is 1. The van der Waals surface area contributed by atoms with Crippen molar-refractivity contribution in [1.29, 1.82) is 0 Å². The van der Waals surface area contributed by atoms with Crippen molar-refractivity contribution in [3.8, 4) is 0 Å². The summed E-state index contributed by atoms with van der Waals surface area (Å²) in [5.41, 5.74) is 2.69. The molecule has 0 spiro atoms. The average Bonchev–Trinajstić information content (AvgIpc) is 2.62. The van der Waals surface area contributed by atoms with E-state index in [0.29, 0.717) is 18.0 Å². The molecule has 2 rings (SSSR count). The Morgan fingerprint density at radius 3 is 2.36 bits per heavy atom. The zero-order valence-corrected chi connectivity index (χ0v) is 15.5. The molecule has 0 aliphatic carbocycles. The van der Waals surface area contributed by atoms with E-state index in [1.165, 1.54) is 11.6 Å². The number of nitrogens with one attached hydrogen (secondary N) is 2. The number of rotatable bonds is 7. The number of carbonyl (C=O) groups is 1. The lowest BCUT2D eigenvalue weighted by Crippen LogP contribution is -3.12. The van der Waals surface area contributed by atoms with Gasteiger partial charge in [-0.25, -0.2) is 4.39 Å². The smallest absolute Gasteiger partial charge is 0.282 e. The molecule has 3 atom stereocenters. The van der Waals surface area contributed by atoms with E-state index in [1.807, 2.05) is 32.2 Å². The molecule has 1 amide bonds. The molecule has 1 unspecified atom stereocenters. The van der Waals surface area contributed by atoms with Gasteiger partial charge in [-0.2, -0.15) is 0 Å². The fourth-order valence-corrected chi connectivity index (χ4v) is 2.70. The molecule has 0 aliphatic heterocycles. The minimum atomic E-state index is -0.283. The van der Waals surface area contributed by atoms with Crippen molar-refractivity contribution in [1.82, 2.24) is 0 Å². The molecule has 2 N–H and O–H groups in total. The maximum Gasteiger partial charge on any atom is 0.282 e. The SMILES string of the molecule is CC[C@H](C)c1ccc(NC(=O)[C@H](C)[NH+](C)Cc2ccccc2F)cc1. The van der Waals surface area contributed by atoms with Gasteiger partial charge < -0.3 is 10.2 Å². The third kappa shape index (κ3) is 5.13. The molecular weight excluding hydrogens is 315 g/mol. The van der Waals surface area contributed by atoms with Crippen LogP contribution in [0.4, 0.5) is 10.1 Å². The molecule has 0 fully saturated rings. The largest absolute Gasteiger partial charge is 0.324 e. The van der Waals surface area contributed by atoms with E-state index in [1.54, 1.807) is 12.1 Å². The Bertz CT molecular complexity index is 699. The maximum absolute atomic E-state index is 13.8. The quantitative estimate of drug-likeness (QED) is 0.794. The minimum absolute atomic E-state index is 0.0647. The molecule has 0 bridgehead atoms. The van der Waals surface area contributed by atoms with Gasteiger partial charge in [0.05, 0.1) is 7.05 Å². The van der Waals surface area contributed by atoms with Crippen molar-refractivity contribution >= 4 is 11.6 Å². The molecule has 0 aliphatic rings. The zero-order chi connectivity index (χ0) is 18.4. The lowest BCUT2D eigenvalue weighted by atomic mass is 9.98. The van der Waals surface area contributed by atoms with E-state index in [4.69, 9.17) is 0 Å². The second kappa shape index (κ2) is 8.77. The lowest BCUT2D eigenvalue weighted by Gasteiger charge is -2.21. The van der Waals surface area contributed by atoms with Gasteiger partial charge in [-0.05, 0) is 43.0 Å². The van der Waals surface area contributed by atoms with Crippen molar-refractivity contribution in [2.75, 3.05) is 12.4 Å². The summed E-state index contributed by atoms with van der Waals surface area (Å²) in [6.45, 7) is 6.68. The number of quaternary nitrogens is 1. The van der Waals surface area contributed by atoms with Gasteiger partial charge in [0, 0.05) is 11.3 Å². The van der Waals surface area contributed by atoms with E-state index in [-0.39, 0.29) is 17.8 Å². The fraction of sp³-hybridized carbons (Fsp3) is 0.381. The molecule has 134 valence electrons. The number of anilines is 1. The number of likely N-dealkylation sites (N-methyl/N-ethyl adjacent to an activating group) is 1. The molecule has 25 heavy (non-hydrogen) atoms. The van der Waals surface area contributed by atoms with Crippen LogP contribution in [0.15, 0.2) is 48.5 Å². The monoisotopic (exact) mass is 343 g/mol. The van der Waals surface area contributed by atoms with Gasteiger partial charge in [0.25, 0.3) is 5.91 Å². The summed E-state index contributed by atoms with van der Waals surface area (Å²) in [5, 5.41) is 2.95. The summed E-state index contributed by atoms with van der Waals surface area (Å²) >= 11 is 0. The summed E-state index contributed by atoms with van der Waals surface area (Å²) in [6, 6.07) is 14.4. The summed E-state index contributed by atoms with van der Waals surface area (Å²) < 4.78 is 13.8. The first-order valence-electron chi connectivity index (χ1n) is 8.89. The van der Waals surface area contributed by atoms with Gasteiger partial charge in [0.1, 0.15) is 12.4 Å². The molecule has 4 heteroatoms. The normalized spacial score (nSPS) is 14.6. The number of hydrogen-bond acceptors (Lipinski definition) is 1. The highest BCUT2D eigenvalue weighted by atomic mass is 19.1. The van der Waals surface area contributed by atoms with Crippen molar-refractivity contribution in [2.45, 2.75) is 45.7 Å². The van der Waals surface area contributed by atoms with Crippen molar-refractivity contribution in [3.63, 3.8) is 0 Å². The first-order valence-corrected chi connectivity index (χ1v) is 8.89. The molecule has 3 nitrogen and oxygen atoms in total. The first kappa shape index (κ1) is 19.1. The highest BCUT2D eigenvalue weighted by Crippen LogP contribution is 2.20. The van der Waals surface area contributed by atoms with Crippen LogP contribution in [-0.2, 0) is 11.3 Å². The number of halogens is 1. The topological polar surface area (TPSA) is 33.5 Å². The highest BCUT2D eigenvalue weighted by molar-refractivity contribution is 5.93. The van der Waals surface area contributed by atoms with Gasteiger partial charge in [-0.3, -0.25) is 4.79 Å². The van der Waals surface area contributed by atoms with Crippen LogP contribution in [0.2, 0.25) is 0 Å². The number of carbonyl (C=O) groups excluding carboxylic acids is 1. The van der Waals surface area contributed by atoms with Crippen LogP contribution in [0.3, 0.4) is 0 Å². The second-order valence-electron chi connectivity index (χ2n) is 6.76. The Labute approximate surface area is 149 Å². The standard InChI is InChI=1S/C21H27FN2O/c1-5-15(2)17-10-12-19(13-11-17)23-21(25)16(3)24(4)14-18-8-6-7-9-20(18)22/h6-13,15-16H,5,14H2,1-4H3,(H,23,25)/p+1/t15-,16-/m0/s1. The van der Waals surface area contributed by atoms with E-state index in [9.17, 15) is 9.18 Å². The predicted octanol–water partition coefficient (Wildman–Crippen LogP) is 3.38. The fourth-order valence-electron chi connectivity index (χ4n) is 2.70. The molecular formula is C21H28FN2O+. The molecule has 0 aromatic heterocycles. The molecule has 2 aromatic carbocycles. The molecule has 0 saturated heterocycles. The van der Waals surface area contributed by atoms with Crippen LogP contribution < -0.4 is 10.2 Å². The van der Waals surface area contributed by atoms with Gasteiger partial charge >= 0.3 is 0 Å². The van der Waals surface area contributed by atoms with Gasteiger partial charge in [0.2, 0.25) is 0 Å². The minimum Gasteiger partial charge on any atom is -0.324 e.